The van der Waals surface area contributed by atoms with Crippen LogP contribution in [0.2, 0.25) is 0 Å². The first-order chi connectivity index (χ1) is 10.9. The lowest BCUT2D eigenvalue weighted by Crippen LogP contribution is -2.52. The molecule has 3 rings (SSSR count). The molecule has 3 aliphatic carbocycles. The molecule has 3 heteroatoms. The highest BCUT2D eigenvalue weighted by Crippen LogP contribution is 2.62. The Bertz CT molecular complexity index is 474. The standard InChI is InChI=1S/C20H34O3/c1-13-4-5-17-16(12-22)18(7-9-19(13,17)2)20(3)8-6-15(23)10-14(20)11-21/h4,14-18,21-23H,5-12H2,1-3H3/t14-,15+,16+,17+,18+,19-,20+/m1/s1. The molecule has 23 heavy (non-hydrogen) atoms. The Morgan fingerprint density at radius 2 is 1.83 bits per heavy atom. The van der Waals surface area contributed by atoms with Gasteiger partial charge >= 0.3 is 0 Å². The second-order valence-electron chi connectivity index (χ2n) is 8.95. The summed E-state index contributed by atoms with van der Waals surface area (Å²) in [5.41, 5.74) is 1.80. The number of allylic oxidation sites excluding steroid dienone is 2. The van der Waals surface area contributed by atoms with Crippen LogP contribution in [0.25, 0.3) is 0 Å². The predicted octanol–water partition coefficient (Wildman–Crippen LogP) is 3.14. The van der Waals surface area contributed by atoms with Gasteiger partial charge in [-0.2, -0.15) is 0 Å². The molecule has 3 N–H and O–H groups in total. The van der Waals surface area contributed by atoms with Gasteiger partial charge in [-0.15, -0.1) is 0 Å². The van der Waals surface area contributed by atoms with E-state index in [-0.39, 0.29) is 36.1 Å². The Hall–Kier alpha value is -0.380. The minimum Gasteiger partial charge on any atom is -0.396 e. The van der Waals surface area contributed by atoms with Crippen LogP contribution in [0.1, 0.15) is 59.3 Å². The van der Waals surface area contributed by atoms with Crippen LogP contribution in [-0.2, 0) is 0 Å². The number of hydrogen-bond donors (Lipinski definition) is 3. The van der Waals surface area contributed by atoms with Gasteiger partial charge in [0.05, 0.1) is 6.10 Å². The van der Waals surface area contributed by atoms with Crippen molar-refractivity contribution >= 4 is 0 Å². The maximum atomic E-state index is 10.2. The molecule has 3 aliphatic rings. The highest BCUT2D eigenvalue weighted by atomic mass is 16.3. The second-order valence-corrected chi connectivity index (χ2v) is 8.95. The molecule has 0 unspecified atom stereocenters. The summed E-state index contributed by atoms with van der Waals surface area (Å²) in [6.45, 7) is 7.35. The Labute approximate surface area is 140 Å². The molecule has 2 fully saturated rings. The molecule has 0 heterocycles. The molecule has 0 saturated heterocycles. The van der Waals surface area contributed by atoms with E-state index in [9.17, 15) is 15.3 Å². The molecular formula is C20H34O3. The van der Waals surface area contributed by atoms with Gasteiger partial charge in [-0.3, -0.25) is 0 Å². The Morgan fingerprint density at radius 1 is 1.09 bits per heavy atom. The molecule has 0 amide bonds. The van der Waals surface area contributed by atoms with Gasteiger partial charge in [0.2, 0.25) is 0 Å². The molecule has 3 nitrogen and oxygen atoms in total. The quantitative estimate of drug-likeness (QED) is 0.700. The first-order valence-electron chi connectivity index (χ1n) is 9.44. The third kappa shape index (κ3) is 2.60. The Morgan fingerprint density at radius 3 is 2.48 bits per heavy atom. The summed E-state index contributed by atoms with van der Waals surface area (Å²) in [4.78, 5) is 0. The van der Waals surface area contributed by atoms with Crippen LogP contribution in [0.4, 0.5) is 0 Å². The molecule has 0 aromatic rings. The third-order valence-electron chi connectivity index (χ3n) is 8.19. The van der Waals surface area contributed by atoms with Crippen LogP contribution >= 0.6 is 0 Å². The maximum absolute atomic E-state index is 10.2. The molecule has 2 saturated carbocycles. The molecule has 7 atom stereocenters. The lowest BCUT2D eigenvalue weighted by atomic mass is 9.49. The van der Waals surface area contributed by atoms with Gasteiger partial charge in [0.25, 0.3) is 0 Å². The van der Waals surface area contributed by atoms with Crippen molar-refractivity contribution in [2.75, 3.05) is 13.2 Å². The van der Waals surface area contributed by atoms with Crippen molar-refractivity contribution < 1.29 is 15.3 Å². The molecule has 0 spiro atoms. The van der Waals surface area contributed by atoms with Gasteiger partial charge in [0, 0.05) is 13.2 Å². The van der Waals surface area contributed by atoms with Crippen molar-refractivity contribution in [2.24, 2.45) is 34.5 Å². The van der Waals surface area contributed by atoms with Gasteiger partial charge in [-0.1, -0.05) is 25.5 Å². The lowest BCUT2D eigenvalue weighted by Gasteiger charge is -2.56. The highest BCUT2D eigenvalue weighted by Gasteiger charge is 2.55. The second kappa shape index (κ2) is 6.16. The summed E-state index contributed by atoms with van der Waals surface area (Å²) in [6.07, 6.45) is 8.04. The monoisotopic (exact) mass is 322 g/mol. The fourth-order valence-electron chi connectivity index (χ4n) is 6.31. The number of aliphatic hydroxyl groups excluding tert-OH is 3. The Kier molecular flexibility index (Phi) is 4.67. The van der Waals surface area contributed by atoms with Gasteiger partial charge in [-0.25, -0.2) is 0 Å². The van der Waals surface area contributed by atoms with E-state index in [4.69, 9.17) is 0 Å². The van der Waals surface area contributed by atoms with Crippen LogP contribution in [0, 0.1) is 34.5 Å². The fraction of sp³-hybridized carbons (Fsp3) is 0.900. The highest BCUT2D eigenvalue weighted by molar-refractivity contribution is 5.23. The summed E-state index contributed by atoms with van der Waals surface area (Å²) in [7, 11) is 0. The van der Waals surface area contributed by atoms with Crippen molar-refractivity contribution in [3.05, 3.63) is 11.6 Å². The first kappa shape index (κ1) is 17.4. The van der Waals surface area contributed by atoms with Crippen molar-refractivity contribution in [1.82, 2.24) is 0 Å². The molecule has 0 radical (unpaired) electrons. The molecule has 0 aliphatic heterocycles. The zero-order valence-corrected chi connectivity index (χ0v) is 15.0. The minimum absolute atomic E-state index is 0.0409. The van der Waals surface area contributed by atoms with Crippen LogP contribution in [-0.4, -0.2) is 34.6 Å². The van der Waals surface area contributed by atoms with Crippen LogP contribution in [0.5, 0.6) is 0 Å². The predicted molar refractivity (Wildman–Crippen MR) is 91.8 cm³/mol. The topological polar surface area (TPSA) is 60.7 Å². The smallest absolute Gasteiger partial charge is 0.0544 e. The average molecular weight is 322 g/mol. The number of rotatable bonds is 3. The van der Waals surface area contributed by atoms with Gasteiger partial charge < -0.3 is 15.3 Å². The van der Waals surface area contributed by atoms with Crippen LogP contribution < -0.4 is 0 Å². The maximum Gasteiger partial charge on any atom is 0.0544 e. The third-order valence-corrected chi connectivity index (χ3v) is 8.19. The van der Waals surface area contributed by atoms with E-state index in [1.807, 2.05) is 0 Å². The number of hydrogen-bond acceptors (Lipinski definition) is 3. The van der Waals surface area contributed by atoms with E-state index in [0.29, 0.717) is 24.2 Å². The molecular weight excluding hydrogens is 288 g/mol. The minimum atomic E-state index is -0.267. The van der Waals surface area contributed by atoms with Crippen molar-refractivity contribution in [3.63, 3.8) is 0 Å². The summed E-state index contributed by atoms with van der Waals surface area (Å²) < 4.78 is 0. The van der Waals surface area contributed by atoms with E-state index in [1.165, 1.54) is 12.0 Å². The lowest BCUT2D eigenvalue weighted by molar-refractivity contribution is -0.105. The summed E-state index contributed by atoms with van der Waals surface area (Å²) in [6, 6.07) is 0. The summed E-state index contributed by atoms with van der Waals surface area (Å²) >= 11 is 0. The van der Waals surface area contributed by atoms with Gasteiger partial charge in [0.15, 0.2) is 0 Å². The molecule has 0 bridgehead atoms. The largest absolute Gasteiger partial charge is 0.396 e. The van der Waals surface area contributed by atoms with E-state index < -0.39 is 0 Å². The molecule has 132 valence electrons. The number of fused-ring (bicyclic) bond motifs is 1. The molecule has 0 aromatic heterocycles. The van der Waals surface area contributed by atoms with E-state index in [2.05, 4.69) is 26.8 Å². The zero-order chi connectivity index (χ0) is 16.8. The van der Waals surface area contributed by atoms with E-state index >= 15 is 0 Å². The van der Waals surface area contributed by atoms with Crippen molar-refractivity contribution in [1.29, 1.82) is 0 Å². The van der Waals surface area contributed by atoms with Crippen molar-refractivity contribution in [3.8, 4) is 0 Å². The Balaban J connectivity index is 1.88. The van der Waals surface area contributed by atoms with E-state index in [0.717, 1.165) is 25.7 Å². The normalized spacial score (nSPS) is 50.5. The summed E-state index contributed by atoms with van der Waals surface area (Å²) in [5.74, 6) is 1.46. The fourth-order valence-corrected chi connectivity index (χ4v) is 6.31. The van der Waals surface area contributed by atoms with Crippen molar-refractivity contribution in [2.45, 2.75) is 65.4 Å². The summed E-state index contributed by atoms with van der Waals surface area (Å²) in [5, 5.41) is 30.2. The van der Waals surface area contributed by atoms with Crippen LogP contribution in [0.3, 0.4) is 0 Å². The average Bonchev–Trinajstić information content (AvgIpc) is 2.84. The first-order valence-corrected chi connectivity index (χ1v) is 9.44. The number of aliphatic hydroxyl groups is 3. The van der Waals surface area contributed by atoms with E-state index in [1.54, 1.807) is 0 Å². The zero-order valence-electron chi connectivity index (χ0n) is 15.0. The SMILES string of the molecule is CC1=CC[C@H]2[C@H](CO)[C@@H]([C@@]3(C)CC[C@H](O)C[C@@H]3CO)CC[C@]12C. The van der Waals surface area contributed by atoms with Gasteiger partial charge in [0.1, 0.15) is 0 Å². The van der Waals surface area contributed by atoms with Gasteiger partial charge in [-0.05, 0) is 80.0 Å². The van der Waals surface area contributed by atoms with Crippen LogP contribution in [0.15, 0.2) is 11.6 Å². The molecule has 0 aromatic carbocycles.